The lowest BCUT2D eigenvalue weighted by Crippen LogP contribution is -2.14. The number of aryl methyl sites for hydroxylation is 1. The summed E-state index contributed by atoms with van der Waals surface area (Å²) in [4.78, 5) is 4.24. The summed E-state index contributed by atoms with van der Waals surface area (Å²) in [6.07, 6.45) is 3.81. The summed E-state index contributed by atoms with van der Waals surface area (Å²) in [5, 5.41) is 7.71. The molecule has 0 radical (unpaired) electrons. The van der Waals surface area contributed by atoms with Crippen LogP contribution in [-0.4, -0.2) is 14.8 Å². The van der Waals surface area contributed by atoms with E-state index >= 15 is 0 Å². The van der Waals surface area contributed by atoms with E-state index in [1.165, 1.54) is 0 Å². The van der Waals surface area contributed by atoms with Crippen molar-refractivity contribution in [2.75, 3.05) is 0 Å². The van der Waals surface area contributed by atoms with E-state index in [4.69, 9.17) is 0 Å². The van der Waals surface area contributed by atoms with Crippen LogP contribution in [0, 0.1) is 0 Å². The SMILES string of the molecule is CCn1ccc(CNCc2ccccn2)n1. The van der Waals surface area contributed by atoms with E-state index in [0.717, 1.165) is 31.0 Å². The number of hydrogen-bond donors (Lipinski definition) is 1. The van der Waals surface area contributed by atoms with Gasteiger partial charge in [-0.25, -0.2) is 0 Å². The molecule has 0 bridgehead atoms. The van der Waals surface area contributed by atoms with Gasteiger partial charge in [-0.1, -0.05) is 6.07 Å². The van der Waals surface area contributed by atoms with Gasteiger partial charge in [0.1, 0.15) is 0 Å². The second kappa shape index (κ2) is 5.42. The van der Waals surface area contributed by atoms with Crippen LogP contribution in [0.4, 0.5) is 0 Å². The van der Waals surface area contributed by atoms with Crippen LogP contribution in [0.1, 0.15) is 18.3 Å². The molecule has 0 aliphatic rings. The molecule has 0 atom stereocenters. The van der Waals surface area contributed by atoms with Crippen molar-refractivity contribution in [1.29, 1.82) is 0 Å². The Morgan fingerprint density at radius 2 is 2.06 bits per heavy atom. The molecule has 0 amide bonds. The van der Waals surface area contributed by atoms with Crippen LogP contribution in [0.5, 0.6) is 0 Å². The number of pyridine rings is 1. The van der Waals surface area contributed by atoms with Crippen molar-refractivity contribution in [3.05, 3.63) is 48.0 Å². The van der Waals surface area contributed by atoms with E-state index in [2.05, 4.69) is 22.3 Å². The Bertz CT molecular complexity index is 422. The van der Waals surface area contributed by atoms with Gasteiger partial charge in [0, 0.05) is 32.0 Å². The Hall–Kier alpha value is -1.68. The lowest BCUT2D eigenvalue weighted by atomic mass is 10.3. The van der Waals surface area contributed by atoms with E-state index in [-0.39, 0.29) is 0 Å². The average Bonchev–Trinajstić information content (AvgIpc) is 2.78. The maximum absolute atomic E-state index is 4.39. The molecule has 1 N–H and O–H groups in total. The average molecular weight is 216 g/mol. The maximum atomic E-state index is 4.39. The second-order valence-electron chi connectivity index (χ2n) is 3.59. The van der Waals surface area contributed by atoms with E-state index in [0.29, 0.717) is 0 Å². The Labute approximate surface area is 95.3 Å². The van der Waals surface area contributed by atoms with Gasteiger partial charge < -0.3 is 5.32 Å². The van der Waals surface area contributed by atoms with Gasteiger partial charge in [-0.3, -0.25) is 9.67 Å². The van der Waals surface area contributed by atoms with Crippen LogP contribution in [0.25, 0.3) is 0 Å². The van der Waals surface area contributed by atoms with E-state index in [9.17, 15) is 0 Å². The van der Waals surface area contributed by atoms with Gasteiger partial charge in [0.05, 0.1) is 11.4 Å². The molecule has 0 aliphatic heterocycles. The molecular weight excluding hydrogens is 200 g/mol. The van der Waals surface area contributed by atoms with Gasteiger partial charge >= 0.3 is 0 Å². The third-order valence-electron chi connectivity index (χ3n) is 2.36. The van der Waals surface area contributed by atoms with Crippen molar-refractivity contribution in [3.8, 4) is 0 Å². The molecule has 0 saturated heterocycles. The van der Waals surface area contributed by atoms with Crippen LogP contribution in [0.15, 0.2) is 36.7 Å². The first-order valence-electron chi connectivity index (χ1n) is 5.51. The molecular formula is C12H16N4. The number of nitrogens with one attached hydrogen (secondary N) is 1. The van der Waals surface area contributed by atoms with Crippen molar-refractivity contribution < 1.29 is 0 Å². The van der Waals surface area contributed by atoms with Crippen LogP contribution in [-0.2, 0) is 19.6 Å². The lowest BCUT2D eigenvalue weighted by molar-refractivity contribution is 0.616. The molecule has 2 rings (SSSR count). The number of hydrogen-bond acceptors (Lipinski definition) is 3. The number of aromatic nitrogens is 3. The molecule has 2 aromatic heterocycles. The minimum Gasteiger partial charge on any atom is -0.305 e. The normalized spacial score (nSPS) is 10.6. The first-order chi connectivity index (χ1) is 7.88. The molecule has 0 saturated carbocycles. The summed E-state index contributed by atoms with van der Waals surface area (Å²) in [6, 6.07) is 7.97. The molecule has 2 aromatic rings. The maximum Gasteiger partial charge on any atom is 0.0762 e. The van der Waals surface area contributed by atoms with Gasteiger partial charge in [-0.15, -0.1) is 0 Å². The van der Waals surface area contributed by atoms with Gasteiger partial charge in [0.15, 0.2) is 0 Å². The molecule has 0 spiro atoms. The van der Waals surface area contributed by atoms with Crippen molar-refractivity contribution in [1.82, 2.24) is 20.1 Å². The fourth-order valence-corrected chi connectivity index (χ4v) is 1.50. The molecule has 2 heterocycles. The summed E-state index contributed by atoms with van der Waals surface area (Å²) < 4.78 is 1.93. The van der Waals surface area contributed by atoms with Crippen molar-refractivity contribution in [2.24, 2.45) is 0 Å². The van der Waals surface area contributed by atoms with E-state index in [1.54, 1.807) is 0 Å². The molecule has 84 valence electrons. The van der Waals surface area contributed by atoms with Gasteiger partial charge in [0.2, 0.25) is 0 Å². The number of nitrogens with zero attached hydrogens (tertiary/aromatic N) is 3. The predicted octanol–water partition coefficient (Wildman–Crippen LogP) is 1.59. The Morgan fingerprint density at radius 1 is 1.19 bits per heavy atom. The smallest absolute Gasteiger partial charge is 0.0762 e. The van der Waals surface area contributed by atoms with Gasteiger partial charge in [-0.05, 0) is 25.1 Å². The molecule has 4 heteroatoms. The fraction of sp³-hybridized carbons (Fsp3) is 0.333. The van der Waals surface area contributed by atoms with Crippen molar-refractivity contribution >= 4 is 0 Å². The molecule has 0 unspecified atom stereocenters. The lowest BCUT2D eigenvalue weighted by Gasteiger charge is -2.01. The van der Waals surface area contributed by atoms with Crippen molar-refractivity contribution in [2.45, 2.75) is 26.6 Å². The summed E-state index contributed by atoms with van der Waals surface area (Å²) in [7, 11) is 0. The highest BCUT2D eigenvalue weighted by Gasteiger charge is 1.97. The summed E-state index contributed by atoms with van der Waals surface area (Å²) in [6.45, 7) is 4.56. The summed E-state index contributed by atoms with van der Waals surface area (Å²) in [5.41, 5.74) is 2.12. The Kier molecular flexibility index (Phi) is 3.66. The third-order valence-corrected chi connectivity index (χ3v) is 2.36. The Balaban J connectivity index is 1.80. The summed E-state index contributed by atoms with van der Waals surface area (Å²) in [5.74, 6) is 0. The molecule has 0 fully saturated rings. The molecule has 16 heavy (non-hydrogen) atoms. The first-order valence-corrected chi connectivity index (χ1v) is 5.51. The minimum atomic E-state index is 0.778. The van der Waals surface area contributed by atoms with E-state index in [1.807, 2.05) is 41.3 Å². The van der Waals surface area contributed by atoms with Crippen LogP contribution in [0.3, 0.4) is 0 Å². The standard InChI is InChI=1S/C12H16N4/c1-2-16-8-6-12(15-16)10-13-9-11-5-3-4-7-14-11/h3-8,13H,2,9-10H2,1H3. The number of rotatable bonds is 5. The Morgan fingerprint density at radius 3 is 2.75 bits per heavy atom. The van der Waals surface area contributed by atoms with E-state index < -0.39 is 0 Å². The zero-order valence-electron chi connectivity index (χ0n) is 9.43. The highest BCUT2D eigenvalue weighted by molar-refractivity contribution is 5.04. The van der Waals surface area contributed by atoms with Gasteiger partial charge in [0.25, 0.3) is 0 Å². The zero-order chi connectivity index (χ0) is 11.2. The van der Waals surface area contributed by atoms with Gasteiger partial charge in [-0.2, -0.15) is 5.10 Å². The third kappa shape index (κ3) is 2.90. The monoisotopic (exact) mass is 216 g/mol. The minimum absolute atomic E-state index is 0.778. The summed E-state index contributed by atoms with van der Waals surface area (Å²) >= 11 is 0. The van der Waals surface area contributed by atoms with Crippen LogP contribution in [0.2, 0.25) is 0 Å². The fourth-order valence-electron chi connectivity index (χ4n) is 1.50. The largest absolute Gasteiger partial charge is 0.305 e. The topological polar surface area (TPSA) is 42.7 Å². The predicted molar refractivity (Wildman–Crippen MR) is 62.7 cm³/mol. The molecule has 0 aliphatic carbocycles. The van der Waals surface area contributed by atoms with Crippen LogP contribution < -0.4 is 5.32 Å². The quantitative estimate of drug-likeness (QED) is 0.825. The van der Waals surface area contributed by atoms with Crippen molar-refractivity contribution in [3.63, 3.8) is 0 Å². The molecule has 4 nitrogen and oxygen atoms in total. The highest BCUT2D eigenvalue weighted by atomic mass is 15.3. The van der Waals surface area contributed by atoms with Crippen LogP contribution >= 0.6 is 0 Å². The second-order valence-corrected chi connectivity index (χ2v) is 3.59. The first kappa shape index (κ1) is 10.8. The highest BCUT2D eigenvalue weighted by Crippen LogP contribution is 1.97. The zero-order valence-corrected chi connectivity index (χ0v) is 9.43. The molecule has 0 aromatic carbocycles.